The second-order valence-corrected chi connectivity index (χ2v) is 8.92. The lowest BCUT2D eigenvalue weighted by atomic mass is 9.90. The van der Waals surface area contributed by atoms with Gasteiger partial charge in [0.25, 0.3) is 5.91 Å². The minimum atomic E-state index is -0.151. The molecule has 1 unspecified atom stereocenters. The summed E-state index contributed by atoms with van der Waals surface area (Å²) >= 11 is 1.52. The zero-order chi connectivity index (χ0) is 19.5. The van der Waals surface area contributed by atoms with Crippen molar-refractivity contribution in [2.45, 2.75) is 57.8 Å². The van der Waals surface area contributed by atoms with Crippen LogP contribution in [0.2, 0.25) is 0 Å². The summed E-state index contributed by atoms with van der Waals surface area (Å²) in [5, 5.41) is 3.53. The second kappa shape index (κ2) is 8.43. The summed E-state index contributed by atoms with van der Waals surface area (Å²) < 4.78 is 0. The maximum absolute atomic E-state index is 13.2. The molecule has 0 saturated carbocycles. The Morgan fingerprint density at radius 3 is 2.50 bits per heavy atom. The molecule has 6 heteroatoms. The van der Waals surface area contributed by atoms with Crippen LogP contribution < -0.4 is 5.32 Å². The predicted octanol–water partition coefficient (Wildman–Crippen LogP) is 4.53. The molecule has 1 aliphatic heterocycles. The number of amides is 2. The van der Waals surface area contributed by atoms with Crippen LogP contribution in [0.4, 0.5) is 5.13 Å². The van der Waals surface area contributed by atoms with Crippen molar-refractivity contribution in [3.8, 4) is 0 Å². The van der Waals surface area contributed by atoms with Crippen molar-refractivity contribution >= 4 is 28.3 Å². The Morgan fingerprint density at radius 1 is 1.07 bits per heavy atom. The van der Waals surface area contributed by atoms with Crippen LogP contribution in [-0.2, 0) is 11.2 Å². The summed E-state index contributed by atoms with van der Waals surface area (Å²) in [5.74, 6) is -0.0748. The number of carbonyl (C=O) groups excluding carboxylic acids is 2. The zero-order valence-electron chi connectivity index (χ0n) is 16.4. The molecule has 0 radical (unpaired) electrons. The SMILES string of the molecule is Cc1ccc(C(=O)Nc2nc3c(s2)CCCC3C(=O)N2CCCCCC2)cc1. The monoisotopic (exact) mass is 397 g/mol. The average Bonchev–Trinajstić information content (AvgIpc) is 2.92. The Morgan fingerprint density at radius 2 is 1.79 bits per heavy atom. The van der Waals surface area contributed by atoms with Crippen molar-refractivity contribution < 1.29 is 9.59 Å². The van der Waals surface area contributed by atoms with Gasteiger partial charge < -0.3 is 4.90 Å². The van der Waals surface area contributed by atoms with Crippen molar-refractivity contribution in [2.75, 3.05) is 18.4 Å². The Kier molecular flexibility index (Phi) is 5.76. The molecule has 1 fully saturated rings. The summed E-state index contributed by atoms with van der Waals surface area (Å²) in [4.78, 5) is 33.6. The lowest BCUT2D eigenvalue weighted by Gasteiger charge is -2.27. The van der Waals surface area contributed by atoms with Crippen LogP contribution in [0, 0.1) is 6.92 Å². The number of carbonyl (C=O) groups is 2. The highest BCUT2D eigenvalue weighted by Gasteiger charge is 2.33. The molecule has 1 aromatic heterocycles. The molecule has 1 aliphatic carbocycles. The summed E-state index contributed by atoms with van der Waals surface area (Å²) in [6.07, 6.45) is 7.43. The van der Waals surface area contributed by atoms with Crippen LogP contribution in [0.15, 0.2) is 24.3 Å². The highest BCUT2D eigenvalue weighted by atomic mass is 32.1. The first kappa shape index (κ1) is 19.1. The van der Waals surface area contributed by atoms with Gasteiger partial charge in [0, 0.05) is 23.5 Å². The standard InChI is InChI=1S/C22H27N3O2S/c1-15-9-11-16(12-10-15)20(26)24-22-23-19-17(7-6-8-18(19)28-22)21(27)25-13-4-2-3-5-14-25/h9-12,17H,2-8,13-14H2,1H3,(H,23,24,26). The second-order valence-electron chi connectivity index (χ2n) is 7.83. The number of anilines is 1. The molecule has 148 valence electrons. The van der Waals surface area contributed by atoms with Crippen LogP contribution in [0.3, 0.4) is 0 Å². The molecule has 0 spiro atoms. The van der Waals surface area contributed by atoms with Gasteiger partial charge in [-0.3, -0.25) is 14.9 Å². The fourth-order valence-electron chi connectivity index (χ4n) is 4.10. The molecule has 0 bridgehead atoms. The average molecular weight is 398 g/mol. The van der Waals surface area contributed by atoms with E-state index in [-0.39, 0.29) is 17.7 Å². The molecule has 2 aromatic rings. The minimum absolute atomic E-state index is 0.150. The van der Waals surface area contributed by atoms with E-state index in [1.54, 1.807) is 0 Å². The van der Waals surface area contributed by atoms with Crippen LogP contribution in [0.25, 0.3) is 0 Å². The topological polar surface area (TPSA) is 62.3 Å². The number of benzene rings is 1. The van der Waals surface area contributed by atoms with E-state index in [0.717, 1.165) is 61.3 Å². The van der Waals surface area contributed by atoms with Gasteiger partial charge in [0.05, 0.1) is 11.6 Å². The number of thiazole rings is 1. The van der Waals surface area contributed by atoms with Gasteiger partial charge in [-0.05, 0) is 51.2 Å². The van der Waals surface area contributed by atoms with Gasteiger partial charge >= 0.3 is 0 Å². The Balaban J connectivity index is 1.50. The van der Waals surface area contributed by atoms with E-state index in [2.05, 4.69) is 5.32 Å². The highest BCUT2D eigenvalue weighted by Crippen LogP contribution is 2.38. The van der Waals surface area contributed by atoms with Crippen LogP contribution >= 0.6 is 11.3 Å². The molecule has 28 heavy (non-hydrogen) atoms. The number of nitrogens with one attached hydrogen (secondary N) is 1. The molecule has 1 atom stereocenters. The lowest BCUT2D eigenvalue weighted by Crippen LogP contribution is -2.37. The first-order valence-electron chi connectivity index (χ1n) is 10.3. The van der Waals surface area contributed by atoms with Crippen molar-refractivity contribution in [3.05, 3.63) is 46.0 Å². The third kappa shape index (κ3) is 4.12. The van der Waals surface area contributed by atoms with E-state index >= 15 is 0 Å². The molecule has 1 saturated heterocycles. The van der Waals surface area contributed by atoms with Gasteiger partial charge in [-0.1, -0.05) is 30.5 Å². The van der Waals surface area contributed by atoms with Gasteiger partial charge in [0.15, 0.2) is 5.13 Å². The zero-order valence-corrected chi connectivity index (χ0v) is 17.2. The Bertz CT molecular complexity index is 851. The fourth-order valence-corrected chi connectivity index (χ4v) is 5.16. The number of hydrogen-bond acceptors (Lipinski definition) is 4. The van der Waals surface area contributed by atoms with Crippen LogP contribution in [-0.4, -0.2) is 34.8 Å². The number of hydrogen-bond donors (Lipinski definition) is 1. The van der Waals surface area contributed by atoms with E-state index in [4.69, 9.17) is 4.98 Å². The summed E-state index contributed by atoms with van der Waals surface area (Å²) in [5.41, 5.74) is 2.64. The minimum Gasteiger partial charge on any atom is -0.342 e. The van der Waals surface area contributed by atoms with Gasteiger partial charge in [0.2, 0.25) is 5.91 Å². The molecular formula is C22H27N3O2S. The molecule has 2 aliphatic rings. The third-order valence-electron chi connectivity index (χ3n) is 5.70. The van der Waals surface area contributed by atoms with E-state index in [9.17, 15) is 9.59 Å². The maximum atomic E-state index is 13.2. The third-order valence-corrected chi connectivity index (χ3v) is 6.75. The number of nitrogens with zero attached hydrogens (tertiary/aromatic N) is 2. The summed E-state index contributed by atoms with van der Waals surface area (Å²) in [7, 11) is 0. The number of rotatable bonds is 3. The molecule has 4 rings (SSSR count). The van der Waals surface area contributed by atoms with Gasteiger partial charge in [-0.2, -0.15) is 0 Å². The summed E-state index contributed by atoms with van der Waals surface area (Å²) in [6, 6.07) is 7.50. The smallest absolute Gasteiger partial charge is 0.257 e. The molecule has 1 aromatic carbocycles. The van der Waals surface area contributed by atoms with E-state index in [0.29, 0.717) is 10.7 Å². The van der Waals surface area contributed by atoms with Crippen molar-refractivity contribution in [3.63, 3.8) is 0 Å². The van der Waals surface area contributed by atoms with Crippen molar-refractivity contribution in [1.82, 2.24) is 9.88 Å². The van der Waals surface area contributed by atoms with E-state index < -0.39 is 0 Å². The first-order chi connectivity index (χ1) is 13.6. The largest absolute Gasteiger partial charge is 0.342 e. The fraction of sp³-hybridized carbons (Fsp3) is 0.500. The number of fused-ring (bicyclic) bond motifs is 1. The van der Waals surface area contributed by atoms with E-state index in [1.807, 2.05) is 36.1 Å². The molecule has 2 heterocycles. The maximum Gasteiger partial charge on any atom is 0.257 e. The summed E-state index contributed by atoms with van der Waals surface area (Å²) in [6.45, 7) is 3.73. The molecule has 5 nitrogen and oxygen atoms in total. The predicted molar refractivity (Wildman–Crippen MR) is 112 cm³/mol. The van der Waals surface area contributed by atoms with Gasteiger partial charge in [0.1, 0.15) is 0 Å². The molecule has 1 N–H and O–H groups in total. The highest BCUT2D eigenvalue weighted by molar-refractivity contribution is 7.15. The molecule has 2 amide bonds. The van der Waals surface area contributed by atoms with E-state index in [1.165, 1.54) is 24.2 Å². The van der Waals surface area contributed by atoms with Crippen molar-refractivity contribution in [2.24, 2.45) is 0 Å². The van der Waals surface area contributed by atoms with Gasteiger partial charge in [-0.25, -0.2) is 4.98 Å². The van der Waals surface area contributed by atoms with Crippen LogP contribution in [0.5, 0.6) is 0 Å². The Hall–Kier alpha value is -2.21. The first-order valence-corrected chi connectivity index (χ1v) is 11.1. The number of aromatic nitrogens is 1. The van der Waals surface area contributed by atoms with Crippen LogP contribution in [0.1, 0.15) is 70.9 Å². The van der Waals surface area contributed by atoms with Gasteiger partial charge in [-0.15, -0.1) is 11.3 Å². The Labute approximate surface area is 170 Å². The lowest BCUT2D eigenvalue weighted by molar-refractivity contribution is -0.133. The number of likely N-dealkylation sites (tertiary alicyclic amines) is 1. The quantitative estimate of drug-likeness (QED) is 0.828. The normalized spacial score (nSPS) is 19.6. The number of aryl methyl sites for hydroxylation is 2. The molecular weight excluding hydrogens is 370 g/mol. The van der Waals surface area contributed by atoms with Crippen molar-refractivity contribution in [1.29, 1.82) is 0 Å².